The number of nitro benzene ring substituents is 1. The molecule has 0 bridgehead atoms. The molecule has 0 aliphatic heterocycles. The van der Waals surface area contributed by atoms with Crippen molar-refractivity contribution in [1.29, 1.82) is 0 Å². The topological polar surface area (TPSA) is 92.6 Å². The van der Waals surface area contributed by atoms with Gasteiger partial charge in [-0.05, 0) is 18.2 Å². The largest absolute Gasteiger partial charge is 0.373 e. The first-order valence-electron chi connectivity index (χ1n) is 6.91. The van der Waals surface area contributed by atoms with Crippen LogP contribution in [0, 0.1) is 10.1 Å². The SMILES string of the molecule is CN(CCNS(=O)(=O)c1ccccc1[N+](=O)[O-])c1ccccc1. The molecule has 2 aromatic rings. The molecule has 0 aliphatic carbocycles. The Labute approximate surface area is 134 Å². The van der Waals surface area contributed by atoms with Crippen LogP contribution in [0.4, 0.5) is 11.4 Å². The molecule has 0 aliphatic rings. The van der Waals surface area contributed by atoms with E-state index >= 15 is 0 Å². The number of nitro groups is 1. The maximum absolute atomic E-state index is 12.2. The first-order chi connectivity index (χ1) is 10.9. The average molecular weight is 335 g/mol. The predicted octanol–water partition coefficient (Wildman–Crippen LogP) is 2.01. The van der Waals surface area contributed by atoms with Crippen LogP contribution in [0.5, 0.6) is 0 Å². The number of likely N-dealkylation sites (N-methyl/N-ethyl adjacent to an activating group) is 1. The highest BCUT2D eigenvalue weighted by Gasteiger charge is 2.24. The summed E-state index contributed by atoms with van der Waals surface area (Å²) in [5.41, 5.74) is 0.522. The summed E-state index contributed by atoms with van der Waals surface area (Å²) < 4.78 is 26.9. The van der Waals surface area contributed by atoms with Crippen LogP contribution in [-0.4, -0.2) is 33.5 Å². The van der Waals surface area contributed by atoms with Crippen molar-refractivity contribution < 1.29 is 13.3 Å². The molecule has 0 radical (unpaired) electrons. The number of anilines is 1. The second kappa shape index (κ2) is 7.21. The van der Waals surface area contributed by atoms with Crippen LogP contribution in [0.15, 0.2) is 59.5 Å². The standard InChI is InChI=1S/C15H17N3O4S/c1-17(13-7-3-2-4-8-13)12-11-16-23(21,22)15-10-6-5-9-14(15)18(19)20/h2-10,16H,11-12H2,1H3. The van der Waals surface area contributed by atoms with Gasteiger partial charge >= 0.3 is 0 Å². The Morgan fingerprint density at radius 1 is 1.09 bits per heavy atom. The van der Waals surface area contributed by atoms with Crippen LogP contribution >= 0.6 is 0 Å². The van der Waals surface area contributed by atoms with Gasteiger partial charge in [-0.15, -0.1) is 0 Å². The van der Waals surface area contributed by atoms with Crippen molar-refractivity contribution in [3.63, 3.8) is 0 Å². The summed E-state index contributed by atoms with van der Waals surface area (Å²) in [5.74, 6) is 0. The van der Waals surface area contributed by atoms with E-state index in [-0.39, 0.29) is 11.4 Å². The number of hydrogen-bond acceptors (Lipinski definition) is 5. The highest BCUT2D eigenvalue weighted by molar-refractivity contribution is 7.89. The minimum absolute atomic E-state index is 0.139. The van der Waals surface area contributed by atoms with E-state index in [4.69, 9.17) is 0 Å². The number of para-hydroxylation sites is 2. The van der Waals surface area contributed by atoms with Gasteiger partial charge in [0, 0.05) is 31.9 Å². The van der Waals surface area contributed by atoms with Crippen molar-refractivity contribution in [3.8, 4) is 0 Å². The first kappa shape index (κ1) is 16.9. The fourth-order valence-corrected chi connectivity index (χ4v) is 3.26. The van der Waals surface area contributed by atoms with Gasteiger partial charge in [-0.25, -0.2) is 13.1 Å². The van der Waals surface area contributed by atoms with Gasteiger partial charge in [0.2, 0.25) is 10.0 Å². The monoisotopic (exact) mass is 335 g/mol. The Morgan fingerprint density at radius 3 is 2.35 bits per heavy atom. The Balaban J connectivity index is 2.04. The summed E-state index contributed by atoms with van der Waals surface area (Å²) >= 11 is 0. The molecule has 8 heteroatoms. The van der Waals surface area contributed by atoms with E-state index in [1.54, 1.807) is 0 Å². The van der Waals surface area contributed by atoms with Crippen LogP contribution in [0.2, 0.25) is 0 Å². The van der Waals surface area contributed by atoms with E-state index in [1.165, 1.54) is 24.3 Å². The fraction of sp³-hybridized carbons (Fsp3) is 0.200. The van der Waals surface area contributed by atoms with Crippen molar-refractivity contribution >= 4 is 21.4 Å². The Bertz CT molecular complexity index is 778. The molecule has 0 unspecified atom stereocenters. The van der Waals surface area contributed by atoms with Crippen LogP contribution in [0.1, 0.15) is 0 Å². The summed E-state index contributed by atoms with van der Waals surface area (Å²) in [4.78, 5) is 11.8. The van der Waals surface area contributed by atoms with E-state index in [2.05, 4.69) is 4.72 Å². The van der Waals surface area contributed by atoms with Gasteiger partial charge in [-0.3, -0.25) is 10.1 Å². The third-order valence-corrected chi connectivity index (χ3v) is 4.80. The lowest BCUT2D eigenvalue weighted by Crippen LogP contribution is -2.33. The molecule has 0 fully saturated rings. The van der Waals surface area contributed by atoms with Gasteiger partial charge in [0.25, 0.3) is 5.69 Å². The van der Waals surface area contributed by atoms with E-state index < -0.39 is 20.6 Å². The third-order valence-electron chi connectivity index (χ3n) is 3.29. The van der Waals surface area contributed by atoms with Gasteiger partial charge in [0.1, 0.15) is 0 Å². The zero-order valence-electron chi connectivity index (χ0n) is 12.5. The summed E-state index contributed by atoms with van der Waals surface area (Å²) in [5, 5.41) is 10.9. The molecule has 0 amide bonds. The van der Waals surface area contributed by atoms with Gasteiger partial charge in [0.15, 0.2) is 4.90 Å². The van der Waals surface area contributed by atoms with Crippen molar-refractivity contribution in [2.75, 3.05) is 25.0 Å². The first-order valence-corrected chi connectivity index (χ1v) is 8.39. The van der Waals surface area contributed by atoms with Crippen LogP contribution in [0.25, 0.3) is 0 Å². The van der Waals surface area contributed by atoms with Gasteiger partial charge < -0.3 is 4.90 Å². The van der Waals surface area contributed by atoms with Crippen LogP contribution < -0.4 is 9.62 Å². The second-order valence-corrected chi connectivity index (χ2v) is 6.62. The Morgan fingerprint density at radius 2 is 1.70 bits per heavy atom. The summed E-state index contributed by atoms with van der Waals surface area (Å²) in [6.07, 6.45) is 0. The number of nitrogens with zero attached hydrogens (tertiary/aromatic N) is 2. The minimum Gasteiger partial charge on any atom is -0.373 e. The maximum Gasteiger partial charge on any atom is 0.289 e. The normalized spacial score (nSPS) is 11.2. The van der Waals surface area contributed by atoms with E-state index in [0.29, 0.717) is 6.54 Å². The summed E-state index contributed by atoms with van der Waals surface area (Å²) in [6, 6.07) is 14.8. The van der Waals surface area contributed by atoms with Crippen molar-refractivity contribution in [1.82, 2.24) is 4.72 Å². The van der Waals surface area contributed by atoms with E-state index in [9.17, 15) is 18.5 Å². The molecule has 122 valence electrons. The number of benzene rings is 2. The quantitative estimate of drug-likeness (QED) is 0.617. The van der Waals surface area contributed by atoms with Gasteiger partial charge in [-0.1, -0.05) is 30.3 Å². The lowest BCUT2D eigenvalue weighted by Gasteiger charge is -2.19. The van der Waals surface area contributed by atoms with Crippen molar-refractivity contribution in [3.05, 3.63) is 64.7 Å². The lowest BCUT2D eigenvalue weighted by atomic mass is 10.3. The molecule has 0 aromatic heterocycles. The van der Waals surface area contributed by atoms with Gasteiger partial charge in [0.05, 0.1) is 4.92 Å². The van der Waals surface area contributed by atoms with Crippen LogP contribution in [-0.2, 0) is 10.0 Å². The molecule has 23 heavy (non-hydrogen) atoms. The molecular formula is C15H17N3O4S. The molecule has 7 nitrogen and oxygen atoms in total. The summed E-state index contributed by atoms with van der Waals surface area (Å²) in [6.45, 7) is 0.573. The Kier molecular flexibility index (Phi) is 5.30. The smallest absolute Gasteiger partial charge is 0.289 e. The number of nitrogens with one attached hydrogen (secondary N) is 1. The molecule has 2 rings (SSSR count). The maximum atomic E-state index is 12.2. The average Bonchev–Trinajstić information content (AvgIpc) is 2.55. The second-order valence-electron chi connectivity index (χ2n) is 4.88. The molecule has 0 saturated carbocycles. The number of hydrogen-bond donors (Lipinski definition) is 1. The molecule has 0 heterocycles. The van der Waals surface area contributed by atoms with E-state index in [1.807, 2.05) is 42.3 Å². The highest BCUT2D eigenvalue weighted by atomic mass is 32.2. The molecule has 2 aromatic carbocycles. The zero-order valence-corrected chi connectivity index (χ0v) is 13.4. The molecule has 1 N–H and O–H groups in total. The molecular weight excluding hydrogens is 318 g/mol. The third kappa shape index (κ3) is 4.27. The van der Waals surface area contributed by atoms with E-state index in [0.717, 1.165) is 5.69 Å². The van der Waals surface area contributed by atoms with Crippen LogP contribution in [0.3, 0.4) is 0 Å². The minimum atomic E-state index is -3.93. The van der Waals surface area contributed by atoms with Crippen molar-refractivity contribution in [2.45, 2.75) is 4.90 Å². The predicted molar refractivity (Wildman–Crippen MR) is 88.0 cm³/mol. The summed E-state index contributed by atoms with van der Waals surface area (Å²) in [7, 11) is -2.09. The molecule has 0 atom stereocenters. The highest BCUT2D eigenvalue weighted by Crippen LogP contribution is 2.22. The van der Waals surface area contributed by atoms with Gasteiger partial charge in [-0.2, -0.15) is 0 Å². The zero-order chi connectivity index (χ0) is 16.9. The fourth-order valence-electron chi connectivity index (χ4n) is 2.07. The lowest BCUT2D eigenvalue weighted by molar-refractivity contribution is -0.387. The molecule has 0 spiro atoms. The Hall–Kier alpha value is -2.45. The molecule has 0 saturated heterocycles. The van der Waals surface area contributed by atoms with Crippen molar-refractivity contribution in [2.24, 2.45) is 0 Å². The number of rotatable bonds is 7. The number of sulfonamides is 1.